The first-order chi connectivity index (χ1) is 15.5. The van der Waals surface area contributed by atoms with Crippen LogP contribution in [0.3, 0.4) is 0 Å². The van der Waals surface area contributed by atoms with Crippen molar-refractivity contribution in [3.8, 4) is 0 Å². The van der Waals surface area contributed by atoms with E-state index in [2.05, 4.69) is 9.97 Å². The monoisotopic (exact) mass is 453 g/mol. The summed E-state index contributed by atoms with van der Waals surface area (Å²) < 4.78 is 27.9. The SMILES string of the molecule is O=C1C(c2cccs2)=C(N2CCN(c3ncccn3)CC2)C(=O)N1c1ccc(F)cc1F. The molecule has 0 N–H and O–H groups in total. The molecule has 2 amide bonds. The minimum absolute atomic E-state index is 0.231. The molecule has 10 heteroatoms. The summed E-state index contributed by atoms with van der Waals surface area (Å²) in [6.07, 6.45) is 3.33. The van der Waals surface area contributed by atoms with Gasteiger partial charge in [0.25, 0.3) is 11.8 Å². The van der Waals surface area contributed by atoms with Crippen LogP contribution in [-0.4, -0.2) is 52.9 Å². The van der Waals surface area contributed by atoms with Crippen molar-refractivity contribution in [1.29, 1.82) is 0 Å². The number of anilines is 2. The Morgan fingerprint density at radius 3 is 2.25 bits per heavy atom. The summed E-state index contributed by atoms with van der Waals surface area (Å²) in [4.78, 5) is 40.5. The molecule has 2 aliphatic rings. The maximum absolute atomic E-state index is 14.5. The molecule has 2 aromatic heterocycles. The summed E-state index contributed by atoms with van der Waals surface area (Å²) in [7, 11) is 0. The summed E-state index contributed by atoms with van der Waals surface area (Å²) >= 11 is 1.33. The molecule has 7 nitrogen and oxygen atoms in total. The maximum Gasteiger partial charge on any atom is 0.282 e. The van der Waals surface area contributed by atoms with Gasteiger partial charge in [-0.25, -0.2) is 23.6 Å². The van der Waals surface area contributed by atoms with Crippen LogP contribution in [0.4, 0.5) is 20.4 Å². The average Bonchev–Trinajstić information content (AvgIpc) is 3.41. The van der Waals surface area contributed by atoms with Crippen molar-refractivity contribution < 1.29 is 18.4 Å². The predicted octanol–water partition coefficient (Wildman–Crippen LogP) is 2.92. The van der Waals surface area contributed by atoms with Crippen LogP contribution >= 0.6 is 11.3 Å². The van der Waals surface area contributed by atoms with Gasteiger partial charge in [-0.05, 0) is 29.6 Å². The predicted molar refractivity (Wildman–Crippen MR) is 116 cm³/mol. The fourth-order valence-electron chi connectivity index (χ4n) is 3.92. The second-order valence-electron chi connectivity index (χ2n) is 7.27. The minimum Gasteiger partial charge on any atom is -0.363 e. The first-order valence-electron chi connectivity index (χ1n) is 9.93. The van der Waals surface area contributed by atoms with Gasteiger partial charge in [0.1, 0.15) is 17.3 Å². The summed E-state index contributed by atoms with van der Waals surface area (Å²) in [5.74, 6) is -2.38. The number of nitrogens with zero attached hydrogens (tertiary/aromatic N) is 5. The van der Waals surface area contributed by atoms with E-state index in [9.17, 15) is 18.4 Å². The number of rotatable bonds is 4. The topological polar surface area (TPSA) is 69.6 Å². The molecule has 1 aromatic carbocycles. The number of aromatic nitrogens is 2. The molecule has 162 valence electrons. The number of imide groups is 1. The van der Waals surface area contributed by atoms with Gasteiger partial charge in [0.15, 0.2) is 0 Å². The number of halogens is 2. The molecule has 0 saturated carbocycles. The van der Waals surface area contributed by atoms with Gasteiger partial charge in [-0.1, -0.05) is 6.07 Å². The van der Waals surface area contributed by atoms with E-state index in [4.69, 9.17) is 0 Å². The highest BCUT2D eigenvalue weighted by atomic mass is 32.1. The van der Waals surface area contributed by atoms with Crippen molar-refractivity contribution in [3.05, 3.63) is 76.4 Å². The molecule has 0 bridgehead atoms. The molecule has 4 heterocycles. The molecule has 2 aliphatic heterocycles. The van der Waals surface area contributed by atoms with Crippen LogP contribution in [0.1, 0.15) is 4.88 Å². The second kappa shape index (κ2) is 8.12. The Morgan fingerprint density at radius 2 is 1.59 bits per heavy atom. The Bertz CT molecular complexity index is 1210. The lowest BCUT2D eigenvalue weighted by molar-refractivity contribution is -0.120. The van der Waals surface area contributed by atoms with Crippen molar-refractivity contribution in [2.75, 3.05) is 36.0 Å². The fourth-order valence-corrected chi connectivity index (χ4v) is 4.68. The third-order valence-corrected chi connectivity index (χ3v) is 6.30. The number of amides is 2. The van der Waals surface area contributed by atoms with Crippen LogP contribution in [0.2, 0.25) is 0 Å². The van der Waals surface area contributed by atoms with Gasteiger partial charge in [0, 0.05) is 49.5 Å². The van der Waals surface area contributed by atoms with Gasteiger partial charge in [0.05, 0.1) is 11.3 Å². The molecule has 1 saturated heterocycles. The van der Waals surface area contributed by atoms with Gasteiger partial charge in [-0.15, -0.1) is 11.3 Å². The molecule has 0 aliphatic carbocycles. The number of hydrogen-bond donors (Lipinski definition) is 0. The van der Waals surface area contributed by atoms with Crippen LogP contribution < -0.4 is 9.80 Å². The standard InChI is InChI=1S/C22H17F2N5O2S/c23-14-4-5-16(15(24)13-14)29-20(30)18(17-3-1-12-32-17)19(21(29)31)27-8-10-28(11-9-27)22-25-6-2-7-26-22/h1-7,12-13H,8-11H2. The normalized spacial score (nSPS) is 17.0. The van der Waals surface area contributed by atoms with E-state index >= 15 is 0 Å². The molecular formula is C22H17F2N5O2S. The largest absolute Gasteiger partial charge is 0.363 e. The lowest BCUT2D eigenvalue weighted by atomic mass is 10.1. The lowest BCUT2D eigenvalue weighted by Crippen LogP contribution is -2.48. The van der Waals surface area contributed by atoms with E-state index in [-0.39, 0.29) is 17.0 Å². The van der Waals surface area contributed by atoms with E-state index in [1.165, 1.54) is 11.3 Å². The van der Waals surface area contributed by atoms with Crippen LogP contribution in [0.5, 0.6) is 0 Å². The third-order valence-electron chi connectivity index (χ3n) is 5.41. The van der Waals surface area contributed by atoms with Gasteiger partial charge in [-0.3, -0.25) is 9.59 Å². The molecule has 0 atom stereocenters. The molecule has 3 aromatic rings. The van der Waals surface area contributed by atoms with E-state index in [1.54, 1.807) is 30.6 Å². The number of thiophene rings is 1. The zero-order chi connectivity index (χ0) is 22.2. The van der Waals surface area contributed by atoms with Crippen LogP contribution in [0.15, 0.2) is 59.9 Å². The van der Waals surface area contributed by atoms with E-state index in [0.29, 0.717) is 43.1 Å². The highest BCUT2D eigenvalue weighted by Crippen LogP contribution is 2.37. The summed E-state index contributed by atoms with van der Waals surface area (Å²) in [5.41, 5.74) is 0.203. The van der Waals surface area contributed by atoms with Gasteiger partial charge in [0.2, 0.25) is 5.95 Å². The van der Waals surface area contributed by atoms with Crippen LogP contribution in [-0.2, 0) is 9.59 Å². The third kappa shape index (κ3) is 3.42. The van der Waals surface area contributed by atoms with Crippen LogP contribution in [0.25, 0.3) is 5.57 Å². The smallest absolute Gasteiger partial charge is 0.282 e. The van der Waals surface area contributed by atoms with E-state index < -0.39 is 23.4 Å². The van der Waals surface area contributed by atoms with Gasteiger partial charge >= 0.3 is 0 Å². The van der Waals surface area contributed by atoms with Gasteiger partial charge < -0.3 is 9.80 Å². The number of carbonyl (C=O) groups is 2. The van der Waals surface area contributed by atoms with Crippen molar-refractivity contribution in [3.63, 3.8) is 0 Å². The first-order valence-corrected chi connectivity index (χ1v) is 10.8. The van der Waals surface area contributed by atoms with Crippen molar-refractivity contribution in [2.45, 2.75) is 0 Å². The van der Waals surface area contributed by atoms with Crippen molar-refractivity contribution in [1.82, 2.24) is 14.9 Å². The quantitative estimate of drug-likeness (QED) is 0.566. The zero-order valence-electron chi connectivity index (χ0n) is 16.7. The van der Waals surface area contributed by atoms with E-state index in [1.807, 2.05) is 15.2 Å². The zero-order valence-corrected chi connectivity index (χ0v) is 17.6. The molecule has 0 unspecified atom stereocenters. The Kier molecular flexibility index (Phi) is 5.14. The lowest BCUT2D eigenvalue weighted by Gasteiger charge is -2.36. The maximum atomic E-state index is 14.5. The summed E-state index contributed by atoms with van der Waals surface area (Å²) in [6, 6.07) is 8.08. The molecule has 5 rings (SSSR count). The fraction of sp³-hybridized carbons (Fsp3) is 0.182. The molecule has 0 spiro atoms. The Labute approximate surface area is 186 Å². The van der Waals surface area contributed by atoms with Gasteiger partial charge in [-0.2, -0.15) is 0 Å². The number of carbonyl (C=O) groups excluding carboxylic acids is 2. The highest BCUT2D eigenvalue weighted by molar-refractivity contribution is 7.11. The molecule has 0 radical (unpaired) electrons. The highest BCUT2D eigenvalue weighted by Gasteiger charge is 2.44. The van der Waals surface area contributed by atoms with Crippen molar-refractivity contribution >= 4 is 40.4 Å². The average molecular weight is 453 g/mol. The Hall–Kier alpha value is -3.66. The first kappa shape index (κ1) is 20.3. The Morgan fingerprint density at radius 1 is 0.875 bits per heavy atom. The van der Waals surface area contributed by atoms with E-state index in [0.717, 1.165) is 17.0 Å². The molecule has 32 heavy (non-hydrogen) atoms. The van der Waals surface area contributed by atoms with Crippen molar-refractivity contribution in [2.24, 2.45) is 0 Å². The number of hydrogen-bond acceptors (Lipinski definition) is 7. The minimum atomic E-state index is -0.968. The second-order valence-corrected chi connectivity index (χ2v) is 8.21. The Balaban J connectivity index is 1.49. The molecule has 1 fully saturated rings. The molecular weight excluding hydrogens is 436 g/mol. The number of piperazine rings is 1. The van der Waals surface area contributed by atoms with Crippen LogP contribution in [0, 0.1) is 11.6 Å². The summed E-state index contributed by atoms with van der Waals surface area (Å²) in [6.45, 7) is 2.03. The number of benzene rings is 1. The summed E-state index contributed by atoms with van der Waals surface area (Å²) in [5, 5.41) is 1.81.